The highest BCUT2D eigenvalue weighted by Gasteiger charge is 2.31. The molecule has 2 N–H and O–H groups in total. The summed E-state index contributed by atoms with van der Waals surface area (Å²) in [5.41, 5.74) is 1.52. The standard InChI is InChI=1S/C13H13F3N2O2S/c1-2-20-12(19)5-10-9(7-18)3-8(6-17)4-11(10)21-13(14,15)16/h3-4H,2,5,7,18H2,1H3. The average Bonchev–Trinajstić information content (AvgIpc) is 2.39. The molecule has 0 aromatic heterocycles. The Labute approximate surface area is 124 Å². The Bertz CT molecular complexity index is 568. The molecule has 1 aromatic carbocycles. The molecule has 0 bridgehead atoms. The molecule has 0 unspecified atom stereocenters. The van der Waals surface area contributed by atoms with Crippen LogP contribution < -0.4 is 5.73 Å². The first-order chi connectivity index (χ1) is 9.80. The molecular formula is C13H13F3N2O2S. The minimum absolute atomic E-state index is 0.0646. The topological polar surface area (TPSA) is 76.1 Å². The van der Waals surface area contributed by atoms with Crippen LogP contribution in [-0.2, 0) is 22.5 Å². The van der Waals surface area contributed by atoms with Gasteiger partial charge < -0.3 is 10.5 Å². The van der Waals surface area contributed by atoms with Crippen molar-refractivity contribution in [2.75, 3.05) is 6.61 Å². The predicted molar refractivity (Wildman–Crippen MR) is 71.3 cm³/mol. The molecule has 0 saturated carbocycles. The lowest BCUT2D eigenvalue weighted by atomic mass is 10.0. The molecule has 4 nitrogen and oxygen atoms in total. The molecule has 0 spiro atoms. The summed E-state index contributed by atoms with van der Waals surface area (Å²) in [6.07, 6.45) is -0.315. The highest BCUT2D eigenvalue weighted by molar-refractivity contribution is 8.00. The predicted octanol–water partition coefficient (Wildman–Crippen LogP) is 2.73. The summed E-state index contributed by atoms with van der Waals surface area (Å²) in [4.78, 5) is 11.3. The number of ether oxygens (including phenoxy) is 1. The second kappa shape index (κ2) is 7.33. The Hall–Kier alpha value is -1.72. The van der Waals surface area contributed by atoms with Crippen molar-refractivity contribution >= 4 is 17.7 Å². The van der Waals surface area contributed by atoms with Crippen molar-refractivity contribution in [2.45, 2.75) is 30.3 Å². The zero-order valence-electron chi connectivity index (χ0n) is 11.2. The van der Waals surface area contributed by atoms with Crippen LogP contribution in [-0.4, -0.2) is 18.1 Å². The summed E-state index contributed by atoms with van der Waals surface area (Å²) in [5, 5.41) is 8.86. The van der Waals surface area contributed by atoms with Crippen LogP contribution in [0.1, 0.15) is 23.6 Å². The van der Waals surface area contributed by atoms with Gasteiger partial charge in [0.2, 0.25) is 0 Å². The van der Waals surface area contributed by atoms with E-state index < -0.39 is 11.5 Å². The smallest absolute Gasteiger partial charge is 0.446 e. The number of benzene rings is 1. The minimum atomic E-state index is -4.52. The number of esters is 1. The fourth-order valence-electron chi connectivity index (χ4n) is 1.72. The number of carbonyl (C=O) groups is 1. The monoisotopic (exact) mass is 318 g/mol. The Morgan fingerprint density at radius 3 is 2.62 bits per heavy atom. The largest absolute Gasteiger partial charge is 0.466 e. The number of hydrogen-bond donors (Lipinski definition) is 1. The fourth-order valence-corrected chi connectivity index (χ4v) is 2.48. The van der Waals surface area contributed by atoms with Crippen molar-refractivity contribution < 1.29 is 22.7 Å². The van der Waals surface area contributed by atoms with E-state index in [1.807, 2.05) is 0 Å². The van der Waals surface area contributed by atoms with E-state index in [9.17, 15) is 18.0 Å². The van der Waals surface area contributed by atoms with Gasteiger partial charge in [0.15, 0.2) is 0 Å². The Kier molecular flexibility index (Phi) is 6.05. The highest BCUT2D eigenvalue weighted by Crippen LogP contribution is 2.40. The van der Waals surface area contributed by atoms with Crippen molar-refractivity contribution in [1.29, 1.82) is 5.26 Å². The number of nitrogens with zero attached hydrogens (tertiary/aromatic N) is 1. The normalized spacial score (nSPS) is 11.0. The lowest BCUT2D eigenvalue weighted by molar-refractivity contribution is -0.142. The second-order valence-electron chi connectivity index (χ2n) is 3.96. The zero-order valence-corrected chi connectivity index (χ0v) is 12.0. The van der Waals surface area contributed by atoms with Gasteiger partial charge in [-0.15, -0.1) is 0 Å². The van der Waals surface area contributed by atoms with Crippen molar-refractivity contribution in [3.8, 4) is 6.07 Å². The van der Waals surface area contributed by atoms with Gasteiger partial charge in [-0.3, -0.25) is 4.79 Å². The molecule has 0 heterocycles. The molecule has 0 aliphatic rings. The number of thioether (sulfide) groups is 1. The van der Waals surface area contributed by atoms with Crippen LogP contribution in [0, 0.1) is 11.3 Å². The molecule has 0 fully saturated rings. The molecule has 114 valence electrons. The molecule has 8 heteroatoms. The van der Waals surface area contributed by atoms with Crippen LogP contribution in [0.2, 0.25) is 0 Å². The molecular weight excluding hydrogens is 305 g/mol. The van der Waals surface area contributed by atoms with Gasteiger partial charge >= 0.3 is 11.5 Å². The van der Waals surface area contributed by atoms with E-state index >= 15 is 0 Å². The molecule has 0 radical (unpaired) electrons. The third-order valence-corrected chi connectivity index (χ3v) is 3.32. The van der Waals surface area contributed by atoms with Crippen LogP contribution in [0.15, 0.2) is 17.0 Å². The SMILES string of the molecule is CCOC(=O)Cc1c(CN)cc(C#N)cc1SC(F)(F)F. The fraction of sp³-hybridized carbons (Fsp3) is 0.385. The first-order valence-corrected chi connectivity index (χ1v) is 6.79. The maximum atomic E-state index is 12.6. The Morgan fingerprint density at radius 1 is 1.48 bits per heavy atom. The number of nitrogens with two attached hydrogens (primary N) is 1. The molecule has 21 heavy (non-hydrogen) atoms. The van der Waals surface area contributed by atoms with Crippen LogP contribution >= 0.6 is 11.8 Å². The van der Waals surface area contributed by atoms with Gasteiger partial charge in [0.05, 0.1) is 24.7 Å². The second-order valence-corrected chi connectivity index (χ2v) is 5.06. The number of nitriles is 1. The van der Waals surface area contributed by atoms with Gasteiger partial charge in [-0.1, -0.05) is 0 Å². The van der Waals surface area contributed by atoms with Gasteiger partial charge in [0.1, 0.15) is 0 Å². The van der Waals surface area contributed by atoms with E-state index in [1.54, 1.807) is 13.0 Å². The molecule has 0 aliphatic carbocycles. The van der Waals surface area contributed by atoms with Crippen LogP contribution in [0.3, 0.4) is 0 Å². The van der Waals surface area contributed by atoms with E-state index in [2.05, 4.69) is 0 Å². The maximum Gasteiger partial charge on any atom is 0.446 e. The van der Waals surface area contributed by atoms with Crippen LogP contribution in [0.4, 0.5) is 13.2 Å². The summed E-state index contributed by atoms with van der Waals surface area (Å²) < 4.78 is 42.6. The summed E-state index contributed by atoms with van der Waals surface area (Å²) in [6, 6.07) is 4.27. The van der Waals surface area contributed by atoms with E-state index in [-0.39, 0.29) is 47.4 Å². The molecule has 0 atom stereocenters. The number of carbonyl (C=O) groups excluding carboxylic acids is 1. The summed E-state index contributed by atoms with van der Waals surface area (Å²) >= 11 is -0.368. The van der Waals surface area contributed by atoms with E-state index in [1.165, 1.54) is 6.07 Å². The lowest BCUT2D eigenvalue weighted by Gasteiger charge is -2.15. The summed E-state index contributed by atoms with van der Waals surface area (Å²) in [6.45, 7) is 1.66. The molecule has 1 aromatic rings. The lowest BCUT2D eigenvalue weighted by Crippen LogP contribution is -2.13. The quantitative estimate of drug-likeness (QED) is 0.667. The van der Waals surface area contributed by atoms with Crippen molar-refractivity contribution in [2.24, 2.45) is 5.73 Å². The summed E-state index contributed by atoms with van der Waals surface area (Å²) in [5.74, 6) is -0.638. The van der Waals surface area contributed by atoms with E-state index in [4.69, 9.17) is 15.7 Å². The van der Waals surface area contributed by atoms with Crippen LogP contribution in [0.5, 0.6) is 0 Å². The van der Waals surface area contributed by atoms with Crippen molar-refractivity contribution in [3.05, 3.63) is 28.8 Å². The molecule has 0 aliphatic heterocycles. The van der Waals surface area contributed by atoms with Gasteiger partial charge in [0.25, 0.3) is 0 Å². The van der Waals surface area contributed by atoms with E-state index in [0.717, 1.165) is 6.07 Å². The van der Waals surface area contributed by atoms with E-state index in [0.29, 0.717) is 5.56 Å². The third kappa shape index (κ3) is 5.28. The third-order valence-electron chi connectivity index (χ3n) is 2.50. The first-order valence-electron chi connectivity index (χ1n) is 5.98. The van der Waals surface area contributed by atoms with Crippen molar-refractivity contribution in [1.82, 2.24) is 0 Å². The molecule has 0 saturated heterocycles. The molecule has 1 rings (SSSR count). The summed E-state index contributed by atoms with van der Waals surface area (Å²) in [7, 11) is 0. The Morgan fingerprint density at radius 2 is 2.14 bits per heavy atom. The van der Waals surface area contributed by atoms with Crippen LogP contribution in [0.25, 0.3) is 0 Å². The average molecular weight is 318 g/mol. The van der Waals surface area contributed by atoms with Gasteiger partial charge in [-0.2, -0.15) is 18.4 Å². The zero-order chi connectivity index (χ0) is 16.0. The number of halogens is 3. The van der Waals surface area contributed by atoms with Gasteiger partial charge in [-0.05, 0) is 41.9 Å². The Balaban J connectivity index is 3.29. The number of alkyl halides is 3. The highest BCUT2D eigenvalue weighted by atomic mass is 32.2. The van der Waals surface area contributed by atoms with Gasteiger partial charge in [0, 0.05) is 11.4 Å². The minimum Gasteiger partial charge on any atom is -0.466 e. The maximum absolute atomic E-state index is 12.6. The van der Waals surface area contributed by atoms with Gasteiger partial charge in [-0.25, -0.2) is 0 Å². The van der Waals surface area contributed by atoms with Crippen molar-refractivity contribution in [3.63, 3.8) is 0 Å². The number of hydrogen-bond acceptors (Lipinski definition) is 5. The first kappa shape index (κ1) is 17.3. The number of rotatable bonds is 5. The molecule has 0 amide bonds.